The van der Waals surface area contributed by atoms with Gasteiger partial charge in [0.05, 0.1) is 5.03 Å². The first-order valence-electron chi connectivity index (χ1n) is 4.35. The molecule has 1 aliphatic heterocycles. The van der Waals surface area contributed by atoms with Gasteiger partial charge in [-0.2, -0.15) is 0 Å². The number of hydrogen-bond donors (Lipinski definition) is 1. The van der Waals surface area contributed by atoms with Gasteiger partial charge in [-0.05, 0) is 13.8 Å². The predicted molar refractivity (Wildman–Crippen MR) is 48.8 cm³/mol. The number of carbonyl (C=O) groups is 1. The quantitative estimate of drug-likeness (QED) is 0.646. The molecule has 2 rings (SSSR count). The standard InChI is InChI=1S/C9H11ClO4/c1-9(2)13-7-4(10)3-5(11)6(12)8(7)14-9/h3,6-8,12H,1-2H3/t6-,7-,8+/m1/s1. The number of ketones is 1. The summed E-state index contributed by atoms with van der Waals surface area (Å²) in [6, 6.07) is 0. The molecule has 78 valence electrons. The zero-order chi connectivity index (χ0) is 10.5. The van der Waals surface area contributed by atoms with E-state index in [0.29, 0.717) is 0 Å². The Morgan fingerprint density at radius 1 is 1.50 bits per heavy atom. The Hall–Kier alpha value is -0.420. The van der Waals surface area contributed by atoms with E-state index in [4.69, 9.17) is 21.1 Å². The Labute approximate surface area is 86.4 Å². The molecule has 2 aliphatic rings. The van der Waals surface area contributed by atoms with Crippen LogP contribution in [0.25, 0.3) is 0 Å². The average molecular weight is 219 g/mol. The van der Waals surface area contributed by atoms with Crippen LogP contribution in [0.3, 0.4) is 0 Å². The number of carbonyl (C=O) groups excluding carboxylic acids is 1. The van der Waals surface area contributed by atoms with E-state index in [1.807, 2.05) is 0 Å². The summed E-state index contributed by atoms with van der Waals surface area (Å²) in [7, 11) is 0. The molecule has 0 saturated carbocycles. The van der Waals surface area contributed by atoms with Gasteiger partial charge in [-0.15, -0.1) is 0 Å². The maximum atomic E-state index is 11.2. The van der Waals surface area contributed by atoms with Gasteiger partial charge >= 0.3 is 0 Å². The number of hydrogen-bond acceptors (Lipinski definition) is 4. The van der Waals surface area contributed by atoms with Crippen LogP contribution >= 0.6 is 11.6 Å². The molecule has 0 bridgehead atoms. The van der Waals surface area contributed by atoms with Crippen molar-refractivity contribution in [2.75, 3.05) is 0 Å². The lowest BCUT2D eigenvalue weighted by molar-refractivity contribution is -0.156. The molecule has 0 aromatic heterocycles. The Kier molecular flexibility index (Phi) is 2.19. The summed E-state index contributed by atoms with van der Waals surface area (Å²) in [5, 5.41) is 9.83. The van der Waals surface area contributed by atoms with Crippen LogP contribution < -0.4 is 0 Å². The normalized spacial score (nSPS) is 40.7. The highest BCUT2D eigenvalue weighted by Gasteiger charge is 2.50. The number of fused-ring (bicyclic) bond motifs is 1. The molecule has 1 saturated heterocycles. The number of aliphatic hydroxyl groups excluding tert-OH is 1. The zero-order valence-corrected chi connectivity index (χ0v) is 8.62. The topological polar surface area (TPSA) is 55.8 Å². The van der Waals surface area contributed by atoms with Gasteiger partial charge in [-0.1, -0.05) is 11.6 Å². The van der Waals surface area contributed by atoms with E-state index in [9.17, 15) is 9.90 Å². The molecule has 0 radical (unpaired) electrons. The van der Waals surface area contributed by atoms with Gasteiger partial charge in [0.15, 0.2) is 11.6 Å². The van der Waals surface area contributed by atoms with E-state index in [2.05, 4.69) is 0 Å². The summed E-state index contributed by atoms with van der Waals surface area (Å²) >= 11 is 5.83. The minimum absolute atomic E-state index is 0.288. The summed E-state index contributed by atoms with van der Waals surface area (Å²) in [4.78, 5) is 11.2. The van der Waals surface area contributed by atoms with Crippen LogP contribution in [-0.2, 0) is 14.3 Å². The van der Waals surface area contributed by atoms with Crippen molar-refractivity contribution in [2.45, 2.75) is 37.9 Å². The third-order valence-corrected chi connectivity index (χ3v) is 2.61. The molecule has 0 amide bonds. The Balaban J connectivity index is 2.32. The first-order chi connectivity index (χ1) is 6.41. The summed E-state index contributed by atoms with van der Waals surface area (Å²) in [6.45, 7) is 3.43. The lowest BCUT2D eigenvalue weighted by atomic mass is 9.97. The molecule has 3 atom stereocenters. The SMILES string of the molecule is CC1(C)O[C@H]2[C@H](O)C(=O)C=C(Cl)[C@H]2O1. The number of ether oxygens (including phenoxy) is 2. The maximum absolute atomic E-state index is 11.2. The number of rotatable bonds is 0. The predicted octanol–water partition coefficient (Wildman–Crippen LogP) is 0.573. The number of halogens is 1. The molecular weight excluding hydrogens is 208 g/mol. The molecule has 14 heavy (non-hydrogen) atoms. The van der Waals surface area contributed by atoms with Crippen LogP contribution in [0.15, 0.2) is 11.1 Å². The van der Waals surface area contributed by atoms with Crippen molar-refractivity contribution in [2.24, 2.45) is 0 Å². The van der Waals surface area contributed by atoms with Crippen LogP contribution in [0, 0.1) is 0 Å². The molecule has 1 aliphatic carbocycles. The molecule has 4 nitrogen and oxygen atoms in total. The highest BCUT2D eigenvalue weighted by atomic mass is 35.5. The summed E-state index contributed by atoms with van der Waals surface area (Å²) in [5.74, 6) is -1.24. The third-order valence-electron chi connectivity index (χ3n) is 2.28. The maximum Gasteiger partial charge on any atom is 0.188 e. The van der Waals surface area contributed by atoms with E-state index in [1.165, 1.54) is 6.08 Å². The molecule has 1 N–H and O–H groups in total. The second-order valence-electron chi connectivity index (χ2n) is 3.90. The molecule has 5 heteroatoms. The minimum atomic E-state index is -1.18. The zero-order valence-electron chi connectivity index (χ0n) is 7.86. The molecular formula is C9H11ClO4. The van der Waals surface area contributed by atoms with Crippen LogP contribution in [0.5, 0.6) is 0 Å². The van der Waals surface area contributed by atoms with Crippen molar-refractivity contribution in [1.29, 1.82) is 0 Å². The van der Waals surface area contributed by atoms with Crippen molar-refractivity contribution in [3.05, 3.63) is 11.1 Å². The molecule has 0 aromatic carbocycles. The summed E-state index contributed by atoms with van der Waals surface area (Å²) in [6.07, 6.45) is -1.20. The van der Waals surface area contributed by atoms with Gasteiger partial charge < -0.3 is 14.6 Å². The molecule has 0 aromatic rings. The van der Waals surface area contributed by atoms with Gasteiger partial charge in [0.25, 0.3) is 0 Å². The van der Waals surface area contributed by atoms with Crippen molar-refractivity contribution < 1.29 is 19.4 Å². The highest BCUT2D eigenvalue weighted by molar-refractivity contribution is 6.32. The molecule has 1 heterocycles. The van der Waals surface area contributed by atoms with E-state index in [0.717, 1.165) is 0 Å². The fourth-order valence-electron chi connectivity index (χ4n) is 1.70. The van der Waals surface area contributed by atoms with E-state index >= 15 is 0 Å². The average Bonchev–Trinajstić information content (AvgIpc) is 2.38. The molecule has 0 unspecified atom stereocenters. The van der Waals surface area contributed by atoms with E-state index in [-0.39, 0.29) is 5.03 Å². The van der Waals surface area contributed by atoms with Crippen LogP contribution in [0.4, 0.5) is 0 Å². The van der Waals surface area contributed by atoms with E-state index < -0.39 is 29.9 Å². The summed E-state index contributed by atoms with van der Waals surface area (Å²) in [5.41, 5.74) is 0. The first kappa shape index (κ1) is 10.1. The Morgan fingerprint density at radius 3 is 2.79 bits per heavy atom. The van der Waals surface area contributed by atoms with Crippen molar-refractivity contribution in [3.8, 4) is 0 Å². The second-order valence-corrected chi connectivity index (χ2v) is 4.33. The largest absolute Gasteiger partial charge is 0.382 e. The van der Waals surface area contributed by atoms with Gasteiger partial charge in [-0.25, -0.2) is 0 Å². The fraction of sp³-hybridized carbons (Fsp3) is 0.667. The second kappa shape index (κ2) is 3.03. The van der Waals surface area contributed by atoms with Crippen LogP contribution in [-0.4, -0.2) is 35.0 Å². The van der Waals surface area contributed by atoms with Gasteiger partial charge in [-0.3, -0.25) is 4.79 Å². The first-order valence-corrected chi connectivity index (χ1v) is 4.73. The Bertz CT molecular complexity index is 310. The lowest BCUT2D eigenvalue weighted by Gasteiger charge is -2.24. The van der Waals surface area contributed by atoms with Crippen LogP contribution in [0.1, 0.15) is 13.8 Å². The van der Waals surface area contributed by atoms with E-state index in [1.54, 1.807) is 13.8 Å². The molecule has 0 spiro atoms. The lowest BCUT2D eigenvalue weighted by Crippen LogP contribution is -2.43. The van der Waals surface area contributed by atoms with Gasteiger partial charge in [0.1, 0.15) is 18.3 Å². The fourth-order valence-corrected chi connectivity index (χ4v) is 1.97. The number of aliphatic hydroxyl groups is 1. The highest BCUT2D eigenvalue weighted by Crippen LogP contribution is 2.37. The minimum Gasteiger partial charge on any atom is -0.382 e. The monoisotopic (exact) mass is 218 g/mol. The van der Waals surface area contributed by atoms with Crippen molar-refractivity contribution in [1.82, 2.24) is 0 Å². The smallest absolute Gasteiger partial charge is 0.188 e. The van der Waals surface area contributed by atoms with Crippen molar-refractivity contribution in [3.63, 3.8) is 0 Å². The third kappa shape index (κ3) is 1.48. The van der Waals surface area contributed by atoms with Gasteiger partial charge in [0.2, 0.25) is 0 Å². The summed E-state index contributed by atoms with van der Waals surface area (Å²) < 4.78 is 10.8. The van der Waals surface area contributed by atoms with Gasteiger partial charge in [0, 0.05) is 6.08 Å². The van der Waals surface area contributed by atoms with Crippen molar-refractivity contribution >= 4 is 17.4 Å². The Morgan fingerprint density at radius 2 is 2.14 bits per heavy atom. The molecule has 1 fully saturated rings. The van der Waals surface area contributed by atoms with Crippen LogP contribution in [0.2, 0.25) is 0 Å².